The van der Waals surface area contributed by atoms with Crippen molar-refractivity contribution in [1.29, 1.82) is 0 Å². The van der Waals surface area contributed by atoms with Gasteiger partial charge >= 0.3 is 5.97 Å². The molecule has 7 heteroatoms. The summed E-state index contributed by atoms with van der Waals surface area (Å²) in [7, 11) is 1.54. The van der Waals surface area contributed by atoms with E-state index in [4.69, 9.17) is 19.0 Å². The van der Waals surface area contributed by atoms with Crippen molar-refractivity contribution in [3.8, 4) is 11.5 Å². The van der Waals surface area contributed by atoms with E-state index in [1.165, 1.54) is 13.2 Å². The van der Waals surface area contributed by atoms with Crippen molar-refractivity contribution in [2.45, 2.75) is 13.5 Å². The van der Waals surface area contributed by atoms with E-state index >= 15 is 0 Å². The van der Waals surface area contributed by atoms with Crippen LogP contribution in [-0.2, 0) is 6.61 Å². The van der Waals surface area contributed by atoms with Crippen LogP contribution in [0.5, 0.6) is 11.5 Å². The summed E-state index contributed by atoms with van der Waals surface area (Å²) in [6, 6.07) is 15.2. The third-order valence-electron chi connectivity index (χ3n) is 4.10. The van der Waals surface area contributed by atoms with Crippen molar-refractivity contribution in [2.75, 3.05) is 12.4 Å². The Labute approximate surface area is 161 Å². The molecule has 2 N–H and O–H groups in total. The number of aromatic carboxylic acids is 1. The smallest absolute Gasteiger partial charge is 0.371 e. The number of aryl methyl sites for hydroxylation is 1. The number of amides is 1. The van der Waals surface area contributed by atoms with Gasteiger partial charge in [-0.2, -0.15) is 0 Å². The Hall–Kier alpha value is -3.74. The van der Waals surface area contributed by atoms with Gasteiger partial charge in [0.15, 0.2) is 0 Å². The normalized spacial score (nSPS) is 10.4. The van der Waals surface area contributed by atoms with Gasteiger partial charge in [0.25, 0.3) is 5.91 Å². The summed E-state index contributed by atoms with van der Waals surface area (Å²) in [5.74, 6) is 0.0931. The molecule has 0 saturated carbocycles. The van der Waals surface area contributed by atoms with Crippen molar-refractivity contribution < 1.29 is 28.6 Å². The molecule has 0 fully saturated rings. The topological polar surface area (TPSA) is 98.0 Å². The predicted octanol–water partition coefficient (Wildman–Crippen LogP) is 4.13. The van der Waals surface area contributed by atoms with Gasteiger partial charge in [0, 0.05) is 11.1 Å². The molecule has 0 saturated heterocycles. The van der Waals surface area contributed by atoms with E-state index in [1.54, 1.807) is 43.3 Å². The quantitative estimate of drug-likeness (QED) is 0.639. The highest BCUT2D eigenvalue weighted by molar-refractivity contribution is 6.05. The first-order valence-corrected chi connectivity index (χ1v) is 8.47. The molecule has 3 aromatic rings. The van der Waals surface area contributed by atoms with Crippen LogP contribution in [0.3, 0.4) is 0 Å². The third kappa shape index (κ3) is 4.32. The first-order valence-electron chi connectivity index (χ1n) is 8.47. The van der Waals surface area contributed by atoms with Crippen molar-refractivity contribution in [2.24, 2.45) is 0 Å². The van der Waals surface area contributed by atoms with Crippen LogP contribution in [0.2, 0.25) is 0 Å². The van der Waals surface area contributed by atoms with Gasteiger partial charge in [-0.25, -0.2) is 4.79 Å². The summed E-state index contributed by atoms with van der Waals surface area (Å²) >= 11 is 0. The number of carboxylic acid groups (broad SMARTS) is 1. The monoisotopic (exact) mass is 381 g/mol. The molecule has 0 atom stereocenters. The number of carboxylic acids is 1. The van der Waals surface area contributed by atoms with E-state index in [-0.39, 0.29) is 18.3 Å². The van der Waals surface area contributed by atoms with Gasteiger partial charge in [-0.05, 0) is 49.4 Å². The minimum atomic E-state index is -1.13. The molecule has 0 radical (unpaired) electrons. The second-order valence-corrected chi connectivity index (χ2v) is 5.96. The molecular weight excluding hydrogens is 362 g/mol. The molecule has 1 aromatic heterocycles. The molecule has 1 amide bonds. The van der Waals surface area contributed by atoms with Crippen molar-refractivity contribution in [1.82, 2.24) is 0 Å². The lowest BCUT2D eigenvalue weighted by molar-refractivity contribution is 0.0660. The average Bonchev–Trinajstić information content (AvgIpc) is 3.08. The summed E-state index contributed by atoms with van der Waals surface area (Å²) in [6.45, 7) is 1.84. The minimum absolute atomic E-state index is 0.126. The zero-order valence-electron chi connectivity index (χ0n) is 15.4. The van der Waals surface area contributed by atoms with Gasteiger partial charge in [-0.1, -0.05) is 12.1 Å². The Balaban J connectivity index is 1.63. The highest BCUT2D eigenvalue weighted by Crippen LogP contribution is 2.24. The molecule has 3 rings (SSSR count). The predicted molar refractivity (Wildman–Crippen MR) is 102 cm³/mol. The molecule has 0 aliphatic rings. The SMILES string of the molecule is COc1ccccc1NC(=O)c1ccc(OCc2cc(C(=O)O)oc2C)cc1. The largest absolute Gasteiger partial charge is 0.495 e. The fourth-order valence-electron chi connectivity index (χ4n) is 2.57. The van der Waals surface area contributed by atoms with Crippen LogP contribution in [0.4, 0.5) is 5.69 Å². The van der Waals surface area contributed by atoms with E-state index in [0.717, 1.165) is 0 Å². The van der Waals surface area contributed by atoms with E-state index in [9.17, 15) is 9.59 Å². The van der Waals surface area contributed by atoms with Gasteiger partial charge < -0.3 is 24.3 Å². The van der Waals surface area contributed by atoms with E-state index in [0.29, 0.717) is 34.1 Å². The maximum atomic E-state index is 12.4. The van der Waals surface area contributed by atoms with Crippen LogP contribution >= 0.6 is 0 Å². The maximum Gasteiger partial charge on any atom is 0.371 e. The average molecular weight is 381 g/mol. The lowest BCUT2D eigenvalue weighted by Gasteiger charge is -2.10. The molecule has 28 heavy (non-hydrogen) atoms. The van der Waals surface area contributed by atoms with Crippen molar-refractivity contribution in [3.05, 3.63) is 77.2 Å². The summed E-state index contributed by atoms with van der Waals surface area (Å²) < 4.78 is 16.0. The molecule has 0 unspecified atom stereocenters. The number of nitrogens with one attached hydrogen (secondary N) is 1. The number of hydrogen-bond donors (Lipinski definition) is 2. The molecule has 0 aliphatic heterocycles. The molecule has 144 valence electrons. The minimum Gasteiger partial charge on any atom is -0.495 e. The molecule has 2 aromatic carbocycles. The number of anilines is 1. The zero-order chi connectivity index (χ0) is 20.1. The lowest BCUT2D eigenvalue weighted by Crippen LogP contribution is -2.12. The van der Waals surface area contributed by atoms with Gasteiger partial charge in [0.2, 0.25) is 5.76 Å². The zero-order valence-corrected chi connectivity index (χ0v) is 15.4. The Morgan fingerprint density at radius 1 is 1.11 bits per heavy atom. The number of para-hydroxylation sites is 2. The third-order valence-corrected chi connectivity index (χ3v) is 4.10. The lowest BCUT2D eigenvalue weighted by atomic mass is 10.2. The second kappa shape index (κ2) is 8.30. The van der Waals surface area contributed by atoms with Gasteiger partial charge in [0.05, 0.1) is 12.8 Å². The van der Waals surface area contributed by atoms with Gasteiger partial charge in [-0.15, -0.1) is 0 Å². The maximum absolute atomic E-state index is 12.4. The molecule has 7 nitrogen and oxygen atoms in total. The Morgan fingerprint density at radius 3 is 2.46 bits per heavy atom. The van der Waals surface area contributed by atoms with Crippen LogP contribution in [0.15, 0.2) is 59.0 Å². The Kier molecular flexibility index (Phi) is 5.64. The summed E-state index contributed by atoms with van der Waals surface area (Å²) in [5.41, 5.74) is 1.70. The van der Waals surface area contributed by atoms with Gasteiger partial charge in [-0.3, -0.25) is 4.79 Å². The number of rotatable bonds is 7. The van der Waals surface area contributed by atoms with Crippen molar-refractivity contribution in [3.63, 3.8) is 0 Å². The molecule has 1 heterocycles. The van der Waals surface area contributed by atoms with Crippen molar-refractivity contribution >= 4 is 17.6 Å². The van der Waals surface area contributed by atoms with E-state index in [2.05, 4.69) is 5.32 Å². The number of ether oxygens (including phenoxy) is 2. The summed E-state index contributed by atoms with van der Waals surface area (Å²) in [4.78, 5) is 23.3. The summed E-state index contributed by atoms with van der Waals surface area (Å²) in [5, 5.41) is 11.8. The highest BCUT2D eigenvalue weighted by Gasteiger charge is 2.14. The molecule has 0 spiro atoms. The molecule has 0 aliphatic carbocycles. The standard InChI is InChI=1S/C21H19NO6/c1-13-15(11-19(28-13)21(24)25)12-27-16-9-7-14(8-10-16)20(23)22-17-5-3-4-6-18(17)26-2/h3-11H,12H2,1-2H3,(H,22,23)(H,24,25). The fourth-order valence-corrected chi connectivity index (χ4v) is 2.57. The fraction of sp³-hybridized carbons (Fsp3) is 0.143. The molecular formula is C21H19NO6. The van der Waals surface area contributed by atoms with E-state index < -0.39 is 5.97 Å². The highest BCUT2D eigenvalue weighted by atomic mass is 16.5. The van der Waals surface area contributed by atoms with Gasteiger partial charge in [0.1, 0.15) is 23.9 Å². The first kappa shape index (κ1) is 19.0. The number of hydrogen-bond acceptors (Lipinski definition) is 5. The number of carbonyl (C=O) groups excluding carboxylic acids is 1. The number of furan rings is 1. The van der Waals surface area contributed by atoms with E-state index in [1.807, 2.05) is 12.1 Å². The second-order valence-electron chi connectivity index (χ2n) is 5.96. The Morgan fingerprint density at radius 2 is 1.82 bits per heavy atom. The number of benzene rings is 2. The van der Waals surface area contributed by atoms with Crippen LogP contribution in [0.25, 0.3) is 0 Å². The Bertz CT molecular complexity index is 990. The molecule has 0 bridgehead atoms. The first-order chi connectivity index (χ1) is 13.5. The van der Waals surface area contributed by atoms with Crippen LogP contribution in [-0.4, -0.2) is 24.1 Å². The summed E-state index contributed by atoms with van der Waals surface area (Å²) in [6.07, 6.45) is 0. The number of carbonyl (C=O) groups is 2. The van der Waals surface area contributed by atoms with Crippen LogP contribution in [0.1, 0.15) is 32.2 Å². The van der Waals surface area contributed by atoms with Crippen LogP contribution in [0, 0.1) is 6.92 Å². The number of methoxy groups -OCH3 is 1. The van der Waals surface area contributed by atoms with Crippen LogP contribution < -0.4 is 14.8 Å².